The van der Waals surface area contributed by atoms with E-state index in [1.807, 2.05) is 5.80 Å². The highest BCUT2D eigenvalue weighted by Crippen LogP contribution is 2.13. The third-order valence-corrected chi connectivity index (χ3v) is 2.10. The summed E-state index contributed by atoms with van der Waals surface area (Å²) in [6.45, 7) is 0. The predicted octanol–water partition coefficient (Wildman–Crippen LogP) is 1.82. The standard InChI is InChI=1S/C4H6N3P/c5-7-6-4-1-2-8-3-4/h3-4H,1-2H2. The number of hydrogen-bond donors (Lipinski definition) is 0. The largest absolute Gasteiger partial charge is 0.109 e. The summed E-state index contributed by atoms with van der Waals surface area (Å²) in [5.74, 6) is 2.04. The second-order valence-electron chi connectivity index (χ2n) is 1.62. The maximum atomic E-state index is 7.96. The lowest BCUT2D eigenvalue weighted by molar-refractivity contribution is 0.852. The third kappa shape index (κ3) is 1.22. The minimum absolute atomic E-state index is 0.182. The molecular weight excluding hydrogens is 121 g/mol. The van der Waals surface area contributed by atoms with Crippen LogP contribution in [0, 0.1) is 0 Å². The van der Waals surface area contributed by atoms with Gasteiger partial charge in [0.2, 0.25) is 0 Å². The van der Waals surface area contributed by atoms with Crippen molar-refractivity contribution in [3.8, 4) is 0 Å². The molecule has 1 aliphatic rings. The Balaban J connectivity index is 2.48. The van der Waals surface area contributed by atoms with Crippen LogP contribution in [-0.2, 0) is 0 Å². The van der Waals surface area contributed by atoms with Crippen molar-refractivity contribution in [2.75, 3.05) is 6.16 Å². The van der Waals surface area contributed by atoms with Crippen LogP contribution in [0.1, 0.15) is 6.42 Å². The molecule has 42 valence electrons. The van der Waals surface area contributed by atoms with Gasteiger partial charge in [0, 0.05) is 4.91 Å². The third-order valence-electron chi connectivity index (χ3n) is 1.03. The highest BCUT2D eigenvalue weighted by Gasteiger charge is 2.04. The molecule has 4 heteroatoms. The second kappa shape index (κ2) is 2.71. The summed E-state index contributed by atoms with van der Waals surface area (Å²) in [5, 5.41) is 3.54. The van der Waals surface area contributed by atoms with Crippen molar-refractivity contribution in [2.45, 2.75) is 12.5 Å². The zero-order valence-corrected chi connectivity index (χ0v) is 5.25. The summed E-state index contributed by atoms with van der Waals surface area (Å²) in [6.07, 6.45) is 2.19. The van der Waals surface area contributed by atoms with Gasteiger partial charge in [0.25, 0.3) is 0 Å². The molecule has 0 aromatic rings. The molecule has 0 aliphatic carbocycles. The van der Waals surface area contributed by atoms with Crippen LogP contribution in [-0.4, -0.2) is 18.0 Å². The van der Waals surface area contributed by atoms with E-state index in [1.54, 1.807) is 0 Å². The normalized spacial score (nSPS) is 27.2. The Morgan fingerprint density at radius 2 is 2.75 bits per heavy atom. The maximum absolute atomic E-state index is 7.96. The molecule has 0 saturated heterocycles. The summed E-state index contributed by atoms with van der Waals surface area (Å²) < 4.78 is 0. The first-order valence-electron chi connectivity index (χ1n) is 2.47. The van der Waals surface area contributed by atoms with Gasteiger partial charge in [-0.2, -0.15) is 0 Å². The molecule has 0 N–H and O–H groups in total. The second-order valence-corrected chi connectivity index (χ2v) is 2.73. The monoisotopic (exact) mass is 127 g/mol. The fraction of sp³-hybridized carbons (Fsp3) is 0.750. The Kier molecular flexibility index (Phi) is 1.90. The lowest BCUT2D eigenvalue weighted by Crippen LogP contribution is -1.97. The highest BCUT2D eigenvalue weighted by atomic mass is 31.1. The molecule has 0 fully saturated rings. The van der Waals surface area contributed by atoms with E-state index in [0.29, 0.717) is 0 Å². The molecule has 1 unspecified atom stereocenters. The van der Waals surface area contributed by atoms with Gasteiger partial charge in [-0.25, -0.2) is 0 Å². The van der Waals surface area contributed by atoms with E-state index in [-0.39, 0.29) is 6.04 Å². The van der Waals surface area contributed by atoms with Crippen molar-refractivity contribution in [3.63, 3.8) is 0 Å². The van der Waals surface area contributed by atoms with Crippen molar-refractivity contribution in [3.05, 3.63) is 10.4 Å². The van der Waals surface area contributed by atoms with Crippen molar-refractivity contribution in [1.29, 1.82) is 0 Å². The fourth-order valence-corrected chi connectivity index (χ4v) is 1.65. The minimum Gasteiger partial charge on any atom is -0.109 e. The fourth-order valence-electron chi connectivity index (χ4n) is 0.631. The predicted molar refractivity (Wildman–Crippen MR) is 35.4 cm³/mol. The van der Waals surface area contributed by atoms with Gasteiger partial charge in [-0.1, -0.05) is 10.9 Å². The zero-order chi connectivity index (χ0) is 5.82. The average Bonchev–Trinajstić information content (AvgIpc) is 2.19. The maximum Gasteiger partial charge on any atom is 0.0603 e. The van der Waals surface area contributed by atoms with E-state index >= 15 is 0 Å². The number of hydrogen-bond acceptors (Lipinski definition) is 1. The van der Waals surface area contributed by atoms with Crippen LogP contribution in [0.3, 0.4) is 0 Å². The molecule has 0 saturated carbocycles. The van der Waals surface area contributed by atoms with E-state index in [4.69, 9.17) is 5.53 Å². The molecule has 1 aliphatic heterocycles. The Bertz CT molecular complexity index is 147. The average molecular weight is 127 g/mol. The molecule has 1 atom stereocenters. The van der Waals surface area contributed by atoms with Crippen LogP contribution in [0.2, 0.25) is 0 Å². The van der Waals surface area contributed by atoms with Crippen LogP contribution in [0.15, 0.2) is 5.11 Å². The van der Waals surface area contributed by atoms with Crippen LogP contribution >= 0.6 is 8.20 Å². The first-order valence-corrected chi connectivity index (χ1v) is 3.62. The van der Waals surface area contributed by atoms with Crippen LogP contribution in [0.4, 0.5) is 0 Å². The van der Waals surface area contributed by atoms with Crippen LogP contribution < -0.4 is 0 Å². The van der Waals surface area contributed by atoms with Gasteiger partial charge in [-0.15, -0.1) is 8.20 Å². The van der Waals surface area contributed by atoms with Gasteiger partial charge in [0.15, 0.2) is 0 Å². The van der Waals surface area contributed by atoms with Crippen molar-refractivity contribution >= 4 is 14.0 Å². The molecule has 1 heterocycles. The van der Waals surface area contributed by atoms with E-state index in [2.05, 4.69) is 10.0 Å². The van der Waals surface area contributed by atoms with Gasteiger partial charge in [0.05, 0.1) is 6.04 Å². The number of azide groups is 1. The summed E-state index contributed by atoms with van der Waals surface area (Å²) >= 11 is 0. The molecule has 0 radical (unpaired) electrons. The Labute approximate surface area is 49.1 Å². The topological polar surface area (TPSA) is 48.8 Å². The molecule has 3 nitrogen and oxygen atoms in total. The van der Waals surface area contributed by atoms with E-state index in [0.717, 1.165) is 12.6 Å². The Hall–Kier alpha value is -0.520. The molecule has 0 amide bonds. The Morgan fingerprint density at radius 3 is 3.25 bits per heavy atom. The van der Waals surface area contributed by atoms with Crippen molar-refractivity contribution in [2.24, 2.45) is 5.11 Å². The van der Waals surface area contributed by atoms with E-state index in [1.165, 1.54) is 8.20 Å². The van der Waals surface area contributed by atoms with Crippen molar-refractivity contribution in [1.82, 2.24) is 0 Å². The van der Waals surface area contributed by atoms with Gasteiger partial charge < -0.3 is 0 Å². The summed E-state index contributed by atoms with van der Waals surface area (Å²) in [5.41, 5.74) is 7.96. The first-order chi connectivity index (χ1) is 3.93. The molecule has 0 aromatic carbocycles. The summed E-state index contributed by atoms with van der Waals surface area (Å²) in [4.78, 5) is 2.71. The van der Waals surface area contributed by atoms with E-state index < -0.39 is 0 Å². The van der Waals surface area contributed by atoms with E-state index in [9.17, 15) is 0 Å². The van der Waals surface area contributed by atoms with Crippen molar-refractivity contribution < 1.29 is 0 Å². The SMILES string of the molecule is [N-]=[N+]=NC1C=PCC1. The van der Waals surface area contributed by atoms with Crippen LogP contribution in [0.25, 0.3) is 10.4 Å². The minimum atomic E-state index is 0.182. The number of rotatable bonds is 1. The molecule has 1 rings (SSSR count). The summed E-state index contributed by atoms with van der Waals surface area (Å²) in [6, 6.07) is 0.182. The van der Waals surface area contributed by atoms with Gasteiger partial charge in [-0.05, 0) is 18.1 Å². The molecule has 0 bridgehead atoms. The molecule has 0 aromatic heterocycles. The van der Waals surface area contributed by atoms with Crippen LogP contribution in [0.5, 0.6) is 0 Å². The zero-order valence-electron chi connectivity index (χ0n) is 4.36. The first kappa shape index (κ1) is 5.61. The highest BCUT2D eigenvalue weighted by molar-refractivity contribution is 7.39. The molecule has 8 heavy (non-hydrogen) atoms. The smallest absolute Gasteiger partial charge is 0.0603 e. The van der Waals surface area contributed by atoms with Gasteiger partial charge in [0.1, 0.15) is 0 Å². The quantitative estimate of drug-likeness (QED) is 0.223. The molecule has 0 spiro atoms. The van der Waals surface area contributed by atoms with Gasteiger partial charge >= 0.3 is 0 Å². The molecular formula is C4H6N3P. The lowest BCUT2D eigenvalue weighted by atomic mass is 10.3. The summed E-state index contributed by atoms with van der Waals surface area (Å²) in [7, 11) is 1.32. The van der Waals surface area contributed by atoms with Gasteiger partial charge in [-0.3, -0.25) is 0 Å². The Morgan fingerprint density at radius 1 is 1.88 bits per heavy atom. The number of nitrogens with zero attached hydrogens (tertiary/aromatic N) is 3. The lowest BCUT2D eigenvalue weighted by Gasteiger charge is -1.90.